The second kappa shape index (κ2) is 13.7. The number of morpholine rings is 1. The van der Waals surface area contributed by atoms with Crippen LogP contribution < -0.4 is 19.9 Å². The van der Waals surface area contributed by atoms with Crippen LogP contribution in [-0.2, 0) is 11.2 Å². The van der Waals surface area contributed by atoms with E-state index < -0.39 is 11.7 Å². The predicted molar refractivity (Wildman–Crippen MR) is 160 cm³/mol. The van der Waals surface area contributed by atoms with E-state index in [-0.39, 0.29) is 23.1 Å². The van der Waals surface area contributed by atoms with Crippen LogP contribution in [0.1, 0.15) is 39.1 Å². The summed E-state index contributed by atoms with van der Waals surface area (Å²) in [6, 6.07) is 15.7. The molecule has 2 amide bonds. The third-order valence-electron chi connectivity index (χ3n) is 7.72. The average molecular weight is 576 g/mol. The standard InChI is InChI=1S/C32H38FN5O4/c1-36(2)25-6-3-23(4-7-25)11-14-34-31(39)29-21-24(33)5-9-28(29)32(40)38-15-12-27(13-16-38)42-30-10-8-26(22-35-30)37-17-19-41-20-18-37/h3-10,21-22,27H,11-20H2,1-2H3,(H,34,39). The minimum absolute atomic E-state index is 0.0471. The summed E-state index contributed by atoms with van der Waals surface area (Å²) in [5.74, 6) is -0.753. The topological polar surface area (TPSA) is 87.2 Å². The van der Waals surface area contributed by atoms with Crippen molar-refractivity contribution in [2.45, 2.75) is 25.4 Å². The van der Waals surface area contributed by atoms with Gasteiger partial charge in [0, 0.05) is 71.4 Å². The van der Waals surface area contributed by atoms with Gasteiger partial charge in [-0.1, -0.05) is 12.1 Å². The Kier molecular flexibility index (Phi) is 9.53. The molecule has 0 bridgehead atoms. The van der Waals surface area contributed by atoms with Gasteiger partial charge in [0.25, 0.3) is 11.8 Å². The van der Waals surface area contributed by atoms with E-state index in [1.807, 2.05) is 61.6 Å². The van der Waals surface area contributed by atoms with Crippen molar-refractivity contribution in [1.82, 2.24) is 15.2 Å². The summed E-state index contributed by atoms with van der Waals surface area (Å²) in [6.07, 6.45) is 3.64. The molecule has 0 unspecified atom stereocenters. The molecule has 2 aromatic carbocycles. The van der Waals surface area contributed by atoms with E-state index in [9.17, 15) is 14.0 Å². The van der Waals surface area contributed by atoms with E-state index in [1.54, 1.807) is 4.90 Å². The molecule has 2 fully saturated rings. The minimum atomic E-state index is -0.560. The van der Waals surface area contributed by atoms with Crippen LogP contribution >= 0.6 is 0 Å². The van der Waals surface area contributed by atoms with Crippen LogP contribution in [0.25, 0.3) is 0 Å². The van der Waals surface area contributed by atoms with E-state index in [4.69, 9.17) is 9.47 Å². The Morgan fingerprint density at radius 2 is 1.74 bits per heavy atom. The van der Waals surface area contributed by atoms with Crippen LogP contribution in [-0.4, -0.2) is 87.8 Å². The normalized spacial score (nSPS) is 15.8. The first-order valence-corrected chi connectivity index (χ1v) is 14.5. The lowest BCUT2D eigenvalue weighted by Gasteiger charge is -2.32. The van der Waals surface area contributed by atoms with E-state index in [0.717, 1.165) is 36.1 Å². The zero-order valence-corrected chi connectivity index (χ0v) is 24.2. The molecular formula is C32H38FN5O4. The van der Waals surface area contributed by atoms with Crippen LogP contribution in [0.3, 0.4) is 0 Å². The fourth-order valence-corrected chi connectivity index (χ4v) is 5.24. The van der Waals surface area contributed by atoms with Crippen molar-refractivity contribution in [3.05, 3.63) is 83.3 Å². The largest absolute Gasteiger partial charge is 0.474 e. The lowest BCUT2D eigenvalue weighted by molar-refractivity contribution is 0.0584. The summed E-state index contributed by atoms with van der Waals surface area (Å²) in [5, 5.41) is 2.85. The molecule has 2 aliphatic rings. The molecule has 9 nitrogen and oxygen atoms in total. The Balaban J connectivity index is 1.13. The monoisotopic (exact) mass is 575 g/mol. The van der Waals surface area contributed by atoms with Gasteiger partial charge in [-0.15, -0.1) is 0 Å². The first kappa shape index (κ1) is 29.3. The lowest BCUT2D eigenvalue weighted by Crippen LogP contribution is -2.42. The lowest BCUT2D eigenvalue weighted by atomic mass is 10.0. The van der Waals surface area contributed by atoms with Crippen molar-refractivity contribution < 1.29 is 23.5 Å². The van der Waals surface area contributed by atoms with E-state index in [0.29, 0.717) is 58.0 Å². The Bertz CT molecular complexity index is 1350. The fourth-order valence-electron chi connectivity index (χ4n) is 5.24. The van der Waals surface area contributed by atoms with E-state index in [1.165, 1.54) is 12.1 Å². The van der Waals surface area contributed by atoms with Crippen molar-refractivity contribution in [2.75, 3.05) is 69.8 Å². The molecule has 0 atom stereocenters. The molecule has 222 valence electrons. The number of amides is 2. The Morgan fingerprint density at radius 3 is 2.40 bits per heavy atom. The van der Waals surface area contributed by atoms with Crippen LogP contribution in [0.2, 0.25) is 0 Å². The van der Waals surface area contributed by atoms with Gasteiger partial charge in [0.05, 0.1) is 36.2 Å². The number of nitrogens with zero attached hydrogens (tertiary/aromatic N) is 4. The molecule has 42 heavy (non-hydrogen) atoms. The van der Waals surface area contributed by atoms with Gasteiger partial charge in [0.2, 0.25) is 5.88 Å². The first-order chi connectivity index (χ1) is 20.4. The van der Waals surface area contributed by atoms with Crippen LogP contribution in [0.5, 0.6) is 5.88 Å². The minimum Gasteiger partial charge on any atom is -0.474 e. The molecule has 2 aliphatic heterocycles. The molecule has 0 radical (unpaired) electrons. The third-order valence-corrected chi connectivity index (χ3v) is 7.72. The van der Waals surface area contributed by atoms with E-state index in [2.05, 4.69) is 15.2 Å². The summed E-state index contributed by atoms with van der Waals surface area (Å²) in [6.45, 7) is 4.43. The van der Waals surface area contributed by atoms with Crippen molar-refractivity contribution in [3.63, 3.8) is 0 Å². The average Bonchev–Trinajstić information content (AvgIpc) is 3.02. The maximum atomic E-state index is 14.2. The SMILES string of the molecule is CN(C)c1ccc(CCNC(=O)c2cc(F)ccc2C(=O)N2CCC(Oc3ccc(N4CCOCC4)cn3)CC2)cc1. The maximum absolute atomic E-state index is 14.2. The second-order valence-corrected chi connectivity index (χ2v) is 10.8. The number of carbonyl (C=O) groups is 2. The highest BCUT2D eigenvalue weighted by Crippen LogP contribution is 2.23. The molecule has 1 N–H and O–H groups in total. The van der Waals surface area contributed by atoms with Crippen molar-refractivity contribution in [3.8, 4) is 5.88 Å². The Hall–Kier alpha value is -4.18. The first-order valence-electron chi connectivity index (χ1n) is 14.5. The molecular weight excluding hydrogens is 537 g/mol. The smallest absolute Gasteiger partial charge is 0.254 e. The number of halogens is 1. The van der Waals surface area contributed by atoms with Gasteiger partial charge in [-0.3, -0.25) is 9.59 Å². The summed E-state index contributed by atoms with van der Waals surface area (Å²) < 4.78 is 25.7. The summed E-state index contributed by atoms with van der Waals surface area (Å²) in [5.41, 5.74) is 3.46. The number of nitrogens with one attached hydrogen (secondary N) is 1. The predicted octanol–water partition coefficient (Wildman–Crippen LogP) is 3.78. The van der Waals surface area contributed by atoms with Crippen LogP contribution in [0, 0.1) is 5.82 Å². The third kappa shape index (κ3) is 7.36. The van der Waals surface area contributed by atoms with Gasteiger partial charge >= 0.3 is 0 Å². The number of hydrogen-bond donors (Lipinski definition) is 1. The number of hydrogen-bond acceptors (Lipinski definition) is 7. The Labute approximate surface area is 246 Å². The number of aromatic nitrogens is 1. The van der Waals surface area contributed by atoms with Crippen molar-refractivity contribution in [1.29, 1.82) is 0 Å². The Morgan fingerprint density at radius 1 is 1.00 bits per heavy atom. The molecule has 3 heterocycles. The van der Waals surface area contributed by atoms with Gasteiger partial charge in [-0.25, -0.2) is 9.37 Å². The van der Waals surface area contributed by atoms with Crippen molar-refractivity contribution in [2.24, 2.45) is 0 Å². The highest BCUT2D eigenvalue weighted by molar-refractivity contribution is 6.07. The summed E-state index contributed by atoms with van der Waals surface area (Å²) >= 11 is 0. The van der Waals surface area contributed by atoms with E-state index >= 15 is 0 Å². The number of piperidine rings is 1. The van der Waals surface area contributed by atoms with Crippen molar-refractivity contribution >= 4 is 23.2 Å². The fraction of sp³-hybridized carbons (Fsp3) is 0.406. The number of ether oxygens (including phenoxy) is 2. The highest BCUT2D eigenvalue weighted by Gasteiger charge is 2.28. The highest BCUT2D eigenvalue weighted by atomic mass is 19.1. The number of rotatable bonds is 9. The zero-order chi connectivity index (χ0) is 29.5. The summed E-state index contributed by atoms with van der Waals surface area (Å²) in [4.78, 5) is 36.9. The van der Waals surface area contributed by atoms with Gasteiger partial charge < -0.3 is 29.5 Å². The van der Waals surface area contributed by atoms with Crippen LogP contribution in [0.15, 0.2) is 60.8 Å². The maximum Gasteiger partial charge on any atom is 0.254 e. The molecule has 10 heteroatoms. The number of benzene rings is 2. The van der Waals surface area contributed by atoms with Crippen LogP contribution in [0.4, 0.5) is 15.8 Å². The number of carbonyl (C=O) groups excluding carboxylic acids is 2. The molecule has 2 saturated heterocycles. The molecule has 0 spiro atoms. The van der Waals surface area contributed by atoms with Gasteiger partial charge in [-0.2, -0.15) is 0 Å². The van der Waals surface area contributed by atoms with Gasteiger partial charge in [0.1, 0.15) is 11.9 Å². The number of pyridine rings is 1. The zero-order valence-electron chi connectivity index (χ0n) is 24.2. The summed E-state index contributed by atoms with van der Waals surface area (Å²) in [7, 11) is 3.96. The number of likely N-dealkylation sites (tertiary alicyclic amines) is 1. The molecule has 3 aromatic rings. The molecule has 0 saturated carbocycles. The molecule has 1 aromatic heterocycles. The van der Waals surface area contributed by atoms with Gasteiger partial charge in [0.15, 0.2) is 0 Å². The second-order valence-electron chi connectivity index (χ2n) is 10.8. The van der Waals surface area contributed by atoms with Gasteiger partial charge in [-0.05, 0) is 48.4 Å². The molecule has 0 aliphatic carbocycles. The quantitative estimate of drug-likeness (QED) is 0.416. The molecule has 5 rings (SSSR count). The number of anilines is 2.